The molecule has 1 radical (unpaired) electrons. The summed E-state index contributed by atoms with van der Waals surface area (Å²) >= 11 is -1.81. The van der Waals surface area contributed by atoms with E-state index in [2.05, 4.69) is 94.0 Å². The van der Waals surface area contributed by atoms with Crippen molar-refractivity contribution >= 4 is 61.5 Å². The Morgan fingerprint density at radius 1 is 0.589 bits per heavy atom. The van der Waals surface area contributed by atoms with Gasteiger partial charge in [-0.3, -0.25) is 0 Å². The maximum absolute atomic E-state index is 8.73. The molecule has 0 fully saturated rings. The van der Waals surface area contributed by atoms with Gasteiger partial charge in [-0.2, -0.15) is 0 Å². The van der Waals surface area contributed by atoms with E-state index in [1.165, 1.54) is 4.40 Å². The predicted molar refractivity (Wildman–Crippen MR) is 229 cm³/mol. The van der Waals surface area contributed by atoms with Gasteiger partial charge in [-0.25, -0.2) is 0 Å². The summed E-state index contributed by atoms with van der Waals surface area (Å²) in [4.78, 5) is 9.22. The first-order chi connectivity index (χ1) is 27.6. The molecule has 4 nitrogen and oxygen atoms in total. The molecule has 0 spiro atoms. The molecule has 0 saturated heterocycles. The Labute approximate surface area is 345 Å². The van der Waals surface area contributed by atoms with Gasteiger partial charge in [-0.1, -0.05) is 89.8 Å². The molecular formula is C50H38GeIrN2O2-2. The number of nitrogens with zero attached hydrogens (tertiary/aromatic N) is 2. The molecule has 0 bridgehead atoms. The van der Waals surface area contributed by atoms with Crippen LogP contribution in [-0.2, 0) is 26.5 Å². The quantitative estimate of drug-likeness (QED) is 0.123. The molecular weight excluding hydrogens is 925 g/mol. The zero-order valence-corrected chi connectivity index (χ0v) is 35.6. The third kappa shape index (κ3) is 7.63. The van der Waals surface area contributed by atoms with Crippen molar-refractivity contribution < 1.29 is 31.7 Å². The van der Waals surface area contributed by atoms with Gasteiger partial charge in [-0.15, -0.1) is 18.2 Å². The Morgan fingerprint density at radius 2 is 1.36 bits per heavy atom. The topological polar surface area (TPSA) is 52.1 Å². The molecule has 0 aliphatic rings. The number of pyridine rings is 2. The van der Waals surface area contributed by atoms with Crippen molar-refractivity contribution in [2.75, 3.05) is 0 Å². The predicted octanol–water partition coefficient (Wildman–Crippen LogP) is 12.7. The summed E-state index contributed by atoms with van der Waals surface area (Å²) in [6.07, 6.45) is 2.04. The standard InChI is InChI=1S/C30H20NO.C20H18GeNO.Ir/c1-3-8-21(9-4-1)18-22-16-17-31-28(19-22)27-13-7-12-26-25-15-14-24(20-29(25)32-30(26)27)23-10-5-2-6-11-23;1-21(2,3)15-9-10-18(22-13-15)14-8-11-20-17(12-14)16-6-4-5-7-19(16)23-20;/h1-12,14-17,19-20H,18H2;4-7,9-13H,1-3H3;/q2*-1;/i18D2;;. The summed E-state index contributed by atoms with van der Waals surface area (Å²) in [5.74, 6) is 7.14. The molecule has 0 saturated carbocycles. The molecule has 56 heavy (non-hydrogen) atoms. The third-order valence-electron chi connectivity index (χ3n) is 9.83. The molecule has 0 atom stereocenters. The van der Waals surface area contributed by atoms with Gasteiger partial charge in [0.05, 0.1) is 5.58 Å². The fourth-order valence-corrected chi connectivity index (χ4v) is 9.06. The zero-order chi connectivity index (χ0) is 39.1. The van der Waals surface area contributed by atoms with Gasteiger partial charge < -0.3 is 9.40 Å². The van der Waals surface area contributed by atoms with Crippen molar-refractivity contribution in [1.29, 1.82) is 0 Å². The number of hydrogen-bond donors (Lipinski definition) is 0. The van der Waals surface area contributed by atoms with Crippen molar-refractivity contribution in [1.82, 2.24) is 9.97 Å². The van der Waals surface area contributed by atoms with Crippen molar-refractivity contribution in [3.8, 4) is 33.6 Å². The van der Waals surface area contributed by atoms with Crippen LogP contribution in [0.5, 0.6) is 0 Å². The number of para-hydroxylation sites is 1. The summed E-state index contributed by atoms with van der Waals surface area (Å²) in [5.41, 5.74) is 9.98. The van der Waals surface area contributed by atoms with Crippen molar-refractivity contribution in [3.63, 3.8) is 0 Å². The molecule has 10 rings (SSSR count). The Hall–Kier alpha value is -5.59. The smallest absolute Gasteiger partial charge is 0 e. The summed E-state index contributed by atoms with van der Waals surface area (Å²) in [6.45, 7) is 0. The van der Waals surface area contributed by atoms with Crippen LogP contribution in [0.4, 0.5) is 0 Å². The molecule has 6 heteroatoms. The van der Waals surface area contributed by atoms with Crippen LogP contribution < -0.4 is 4.40 Å². The molecule has 275 valence electrons. The van der Waals surface area contributed by atoms with Crippen LogP contribution in [0.15, 0.2) is 173 Å². The van der Waals surface area contributed by atoms with Crippen LogP contribution in [0, 0.1) is 12.1 Å². The van der Waals surface area contributed by atoms with E-state index < -0.39 is 19.6 Å². The zero-order valence-electron chi connectivity index (χ0n) is 33.1. The van der Waals surface area contributed by atoms with Crippen LogP contribution in [-0.4, -0.2) is 23.2 Å². The van der Waals surface area contributed by atoms with Gasteiger partial charge in [0.25, 0.3) is 0 Å². The van der Waals surface area contributed by atoms with E-state index in [9.17, 15) is 0 Å². The van der Waals surface area contributed by atoms with E-state index in [-0.39, 0.29) is 20.1 Å². The maximum atomic E-state index is 8.73. The molecule has 0 unspecified atom stereocenters. The van der Waals surface area contributed by atoms with E-state index in [0.29, 0.717) is 22.4 Å². The van der Waals surface area contributed by atoms with Crippen LogP contribution in [0.3, 0.4) is 0 Å². The second-order valence-corrected chi connectivity index (χ2v) is 25.3. The van der Waals surface area contributed by atoms with Gasteiger partial charge >= 0.3 is 138 Å². The van der Waals surface area contributed by atoms with Crippen LogP contribution in [0.25, 0.3) is 77.5 Å². The Kier molecular flexibility index (Phi) is 9.88. The van der Waals surface area contributed by atoms with E-state index in [0.717, 1.165) is 66.2 Å². The minimum absolute atomic E-state index is 0. The SMILES string of the molecule is [2H]C([2H])(c1ccccc1)c1ccnc(-c2[c-]ccc3c2oc2cc(-c4ccccc4)ccc23)c1.[CH3][Ge]([CH3])([CH3])[c]1ccc(-c2[c-]cc3oc4ccccc4c3c2)nc1.[Ir]. The average molecular weight is 966 g/mol. The first kappa shape index (κ1) is 34.9. The second kappa shape index (κ2) is 15.9. The van der Waals surface area contributed by atoms with Gasteiger partial charge in [0.15, 0.2) is 0 Å². The Morgan fingerprint density at radius 3 is 2.14 bits per heavy atom. The fraction of sp³-hybridized carbons (Fsp3) is 0.0800. The average Bonchev–Trinajstić information content (AvgIpc) is 3.82. The minimum Gasteiger partial charge on any atom is 0 e. The third-order valence-corrected chi connectivity index (χ3v) is 14.1. The van der Waals surface area contributed by atoms with E-state index in [1.54, 1.807) is 30.5 Å². The first-order valence-corrected chi connectivity index (χ1v) is 25.7. The molecule has 0 aliphatic heterocycles. The van der Waals surface area contributed by atoms with E-state index in [1.807, 2.05) is 79.0 Å². The molecule has 0 amide bonds. The van der Waals surface area contributed by atoms with Gasteiger partial charge in [-0.05, 0) is 46.5 Å². The maximum Gasteiger partial charge on any atom is 0 e. The largest absolute Gasteiger partial charge is 0 e. The number of aromatic nitrogens is 2. The first-order valence-electron chi connectivity index (χ1n) is 19.4. The molecule has 6 aromatic carbocycles. The van der Waals surface area contributed by atoms with E-state index in [4.69, 9.17) is 11.6 Å². The number of rotatable bonds is 6. The molecule has 0 N–H and O–H groups in total. The Bertz CT molecular complexity index is 3030. The molecule has 0 aliphatic carbocycles. The van der Waals surface area contributed by atoms with Crippen molar-refractivity contribution in [2.45, 2.75) is 23.6 Å². The van der Waals surface area contributed by atoms with Crippen molar-refractivity contribution in [2.24, 2.45) is 0 Å². The van der Waals surface area contributed by atoms with Gasteiger partial charge in [0.1, 0.15) is 5.58 Å². The molecule has 4 aromatic heterocycles. The fourth-order valence-electron chi connectivity index (χ4n) is 6.89. The summed E-state index contributed by atoms with van der Waals surface area (Å²) in [6, 6.07) is 56.2. The molecule has 10 aromatic rings. The van der Waals surface area contributed by atoms with E-state index >= 15 is 0 Å². The van der Waals surface area contributed by atoms with Crippen LogP contribution >= 0.6 is 0 Å². The molecule has 4 heterocycles. The summed E-state index contributed by atoms with van der Waals surface area (Å²) in [5, 5.41) is 4.27. The number of hydrogen-bond acceptors (Lipinski definition) is 4. The van der Waals surface area contributed by atoms with Gasteiger partial charge in [0.2, 0.25) is 0 Å². The minimum atomic E-state index is -1.81. The van der Waals surface area contributed by atoms with Crippen LogP contribution in [0.1, 0.15) is 13.9 Å². The van der Waals surface area contributed by atoms with Gasteiger partial charge in [0, 0.05) is 34.4 Å². The number of fused-ring (bicyclic) bond motifs is 6. The Balaban J connectivity index is 0.000000171. The number of furan rings is 2. The van der Waals surface area contributed by atoms with Crippen LogP contribution in [0.2, 0.25) is 17.3 Å². The normalized spacial score (nSPS) is 12.2. The second-order valence-electron chi connectivity index (χ2n) is 14.6. The summed E-state index contributed by atoms with van der Waals surface area (Å²) in [7, 11) is 0. The number of benzene rings is 6. The monoisotopic (exact) mass is 967 g/mol. The van der Waals surface area contributed by atoms with Crippen molar-refractivity contribution in [3.05, 3.63) is 187 Å². The summed E-state index contributed by atoms with van der Waals surface area (Å²) < 4.78 is 31.1.